The van der Waals surface area contributed by atoms with Crippen LogP contribution in [0.25, 0.3) is 0 Å². The minimum absolute atomic E-state index is 0.0699. The molecule has 0 spiro atoms. The second kappa shape index (κ2) is 8.58. The maximum absolute atomic E-state index is 5.87. The van der Waals surface area contributed by atoms with E-state index in [1.54, 1.807) is 0 Å². The van der Waals surface area contributed by atoms with Gasteiger partial charge in [-0.1, -0.05) is 6.07 Å². The van der Waals surface area contributed by atoms with E-state index in [9.17, 15) is 0 Å². The third-order valence-corrected chi connectivity index (χ3v) is 4.09. The number of pyridine rings is 1. The second-order valence-electron chi connectivity index (χ2n) is 8.84. The summed E-state index contributed by atoms with van der Waals surface area (Å²) >= 11 is 0. The molecule has 1 aromatic heterocycles. The molecule has 0 atom stereocenters. The molecule has 1 aromatic rings. The fourth-order valence-electron chi connectivity index (χ4n) is 2.52. The molecule has 0 radical (unpaired) electrons. The number of hydrogen-bond acceptors (Lipinski definition) is 5. The summed E-state index contributed by atoms with van der Waals surface area (Å²) in [5.41, 5.74) is 2.07. The van der Waals surface area contributed by atoms with Crippen LogP contribution in [0.5, 0.6) is 0 Å². The summed E-state index contributed by atoms with van der Waals surface area (Å²) in [6.45, 7) is 19.0. The van der Waals surface area contributed by atoms with Gasteiger partial charge in [0.25, 0.3) is 0 Å². The Bertz CT molecular complexity index is 509. The van der Waals surface area contributed by atoms with Gasteiger partial charge in [0.15, 0.2) is 0 Å². The van der Waals surface area contributed by atoms with E-state index in [1.807, 2.05) is 6.20 Å². The summed E-state index contributed by atoms with van der Waals surface area (Å²) in [6, 6.07) is 4.25. The summed E-state index contributed by atoms with van der Waals surface area (Å²) in [5.74, 6) is 0. The number of ether oxygens (including phenoxy) is 2. The fraction of sp³-hybridized carbons (Fsp3) is 0.750. The molecule has 1 aliphatic heterocycles. The van der Waals surface area contributed by atoms with Crippen molar-refractivity contribution >= 4 is 0 Å². The Balaban J connectivity index is 1.73. The van der Waals surface area contributed by atoms with E-state index in [1.165, 1.54) is 0 Å². The average molecular weight is 350 g/mol. The van der Waals surface area contributed by atoms with Gasteiger partial charge in [0.1, 0.15) is 0 Å². The van der Waals surface area contributed by atoms with Crippen LogP contribution in [-0.4, -0.2) is 58.9 Å². The minimum atomic E-state index is -0.116. The van der Waals surface area contributed by atoms with E-state index in [0.29, 0.717) is 6.61 Å². The van der Waals surface area contributed by atoms with Crippen LogP contribution >= 0.6 is 0 Å². The molecule has 0 amide bonds. The van der Waals surface area contributed by atoms with Crippen molar-refractivity contribution in [2.24, 2.45) is 0 Å². The summed E-state index contributed by atoms with van der Waals surface area (Å²) in [5, 5.41) is 0. The maximum Gasteiger partial charge on any atom is 0.0998 e. The van der Waals surface area contributed by atoms with Gasteiger partial charge in [0.2, 0.25) is 0 Å². The maximum atomic E-state index is 5.87. The molecule has 2 heterocycles. The van der Waals surface area contributed by atoms with E-state index >= 15 is 0 Å². The molecule has 0 N–H and O–H groups in total. The molecular formula is C20H35N3O2. The lowest BCUT2D eigenvalue weighted by molar-refractivity contribution is -0.0744. The van der Waals surface area contributed by atoms with Gasteiger partial charge >= 0.3 is 0 Å². The standard InChI is InChI=1S/C20H35N3O2/c1-19(2,3)24-15-17-7-8-18(21-13-17)14-22-9-11-23(12-10-22)16-25-20(4,5)6/h7-8,13H,9-12,14-16H2,1-6H3. The molecule has 5 nitrogen and oxygen atoms in total. The van der Waals surface area contributed by atoms with Crippen LogP contribution < -0.4 is 0 Å². The zero-order valence-corrected chi connectivity index (χ0v) is 16.8. The highest BCUT2D eigenvalue weighted by Gasteiger charge is 2.19. The SMILES string of the molecule is CC(C)(C)OCc1ccc(CN2CCN(COC(C)(C)C)CC2)nc1. The predicted octanol–water partition coefficient (Wildman–Crippen LogP) is 3.29. The molecule has 0 aromatic carbocycles. The molecule has 0 aliphatic carbocycles. The Kier molecular flexibility index (Phi) is 6.97. The monoisotopic (exact) mass is 349 g/mol. The molecular weight excluding hydrogens is 314 g/mol. The smallest absolute Gasteiger partial charge is 0.0998 e. The lowest BCUT2D eigenvalue weighted by Crippen LogP contribution is -2.47. The van der Waals surface area contributed by atoms with Crippen molar-refractivity contribution < 1.29 is 9.47 Å². The Morgan fingerprint density at radius 2 is 1.48 bits per heavy atom. The first-order chi connectivity index (χ1) is 11.6. The minimum Gasteiger partial charge on any atom is -0.371 e. The summed E-state index contributed by atoms with van der Waals surface area (Å²) in [4.78, 5) is 9.44. The highest BCUT2D eigenvalue weighted by atomic mass is 16.5. The van der Waals surface area contributed by atoms with E-state index in [2.05, 4.69) is 68.5 Å². The summed E-state index contributed by atoms with van der Waals surface area (Å²) in [6.07, 6.45) is 1.94. The largest absolute Gasteiger partial charge is 0.371 e. The predicted molar refractivity (Wildman–Crippen MR) is 101 cm³/mol. The molecule has 0 bridgehead atoms. The molecule has 2 rings (SSSR count). The lowest BCUT2D eigenvalue weighted by Gasteiger charge is -2.35. The number of piperazine rings is 1. The van der Waals surface area contributed by atoms with Crippen LogP contribution in [0.15, 0.2) is 18.3 Å². The van der Waals surface area contributed by atoms with Crippen LogP contribution in [0.4, 0.5) is 0 Å². The summed E-state index contributed by atoms with van der Waals surface area (Å²) in [7, 11) is 0. The zero-order chi connectivity index (χ0) is 18.5. The first-order valence-electron chi connectivity index (χ1n) is 9.27. The number of aromatic nitrogens is 1. The van der Waals surface area contributed by atoms with Crippen molar-refractivity contribution in [2.75, 3.05) is 32.9 Å². The molecule has 25 heavy (non-hydrogen) atoms. The van der Waals surface area contributed by atoms with Crippen LogP contribution in [0, 0.1) is 0 Å². The van der Waals surface area contributed by atoms with Gasteiger partial charge in [-0.25, -0.2) is 0 Å². The van der Waals surface area contributed by atoms with Gasteiger partial charge in [-0.15, -0.1) is 0 Å². The van der Waals surface area contributed by atoms with Gasteiger partial charge in [0, 0.05) is 38.9 Å². The molecule has 1 fully saturated rings. The van der Waals surface area contributed by atoms with Crippen LogP contribution in [0.2, 0.25) is 0 Å². The second-order valence-corrected chi connectivity index (χ2v) is 8.84. The fourth-order valence-corrected chi connectivity index (χ4v) is 2.52. The third-order valence-electron chi connectivity index (χ3n) is 4.09. The highest BCUT2D eigenvalue weighted by Crippen LogP contribution is 2.13. The van der Waals surface area contributed by atoms with E-state index in [4.69, 9.17) is 9.47 Å². The van der Waals surface area contributed by atoms with Gasteiger partial charge in [-0.05, 0) is 53.2 Å². The van der Waals surface area contributed by atoms with Gasteiger partial charge in [-0.3, -0.25) is 14.8 Å². The quantitative estimate of drug-likeness (QED) is 0.788. The Morgan fingerprint density at radius 1 is 0.880 bits per heavy atom. The average Bonchev–Trinajstić information content (AvgIpc) is 2.52. The third kappa shape index (κ3) is 8.27. The normalized spacial score (nSPS) is 17.8. The van der Waals surface area contributed by atoms with Crippen molar-refractivity contribution in [3.8, 4) is 0 Å². The number of hydrogen-bond donors (Lipinski definition) is 0. The molecule has 0 saturated carbocycles. The first-order valence-corrected chi connectivity index (χ1v) is 9.27. The number of nitrogens with zero attached hydrogens (tertiary/aromatic N) is 3. The molecule has 5 heteroatoms. The zero-order valence-electron chi connectivity index (χ0n) is 16.8. The van der Waals surface area contributed by atoms with Gasteiger partial charge in [-0.2, -0.15) is 0 Å². The molecule has 142 valence electrons. The summed E-state index contributed by atoms with van der Waals surface area (Å²) < 4.78 is 11.7. The number of rotatable bonds is 6. The van der Waals surface area contributed by atoms with Crippen LogP contribution in [0.1, 0.15) is 52.8 Å². The topological polar surface area (TPSA) is 37.8 Å². The van der Waals surface area contributed by atoms with Gasteiger partial charge < -0.3 is 9.47 Å². The Hall–Kier alpha value is -1.01. The van der Waals surface area contributed by atoms with E-state index < -0.39 is 0 Å². The van der Waals surface area contributed by atoms with E-state index in [0.717, 1.165) is 50.7 Å². The molecule has 1 saturated heterocycles. The van der Waals surface area contributed by atoms with Crippen molar-refractivity contribution in [3.63, 3.8) is 0 Å². The van der Waals surface area contributed by atoms with Crippen molar-refractivity contribution in [1.82, 2.24) is 14.8 Å². The van der Waals surface area contributed by atoms with Crippen molar-refractivity contribution in [2.45, 2.75) is 65.9 Å². The highest BCUT2D eigenvalue weighted by molar-refractivity contribution is 5.13. The lowest BCUT2D eigenvalue weighted by atomic mass is 10.2. The van der Waals surface area contributed by atoms with Crippen LogP contribution in [-0.2, 0) is 22.6 Å². The Labute approximate surface area is 153 Å². The molecule has 1 aliphatic rings. The van der Waals surface area contributed by atoms with Crippen molar-refractivity contribution in [1.29, 1.82) is 0 Å². The molecule has 0 unspecified atom stereocenters. The van der Waals surface area contributed by atoms with Crippen LogP contribution in [0.3, 0.4) is 0 Å². The van der Waals surface area contributed by atoms with E-state index in [-0.39, 0.29) is 11.2 Å². The van der Waals surface area contributed by atoms with Gasteiger partial charge in [0.05, 0.1) is 30.2 Å². The van der Waals surface area contributed by atoms with Crippen molar-refractivity contribution in [3.05, 3.63) is 29.6 Å². The first kappa shape index (κ1) is 20.3. The Morgan fingerprint density at radius 3 is 2.00 bits per heavy atom.